The standard InChI is InChI=1S/C12H23N3O2/c1-12(2,9-10(13)16)14-11(17)15-7-5-3-4-6-8-15/h3-9H2,1-2H3,(H2,13,16)(H,14,17). The monoisotopic (exact) mass is 241 g/mol. The molecule has 3 amide bonds. The molecule has 5 nitrogen and oxygen atoms in total. The first kappa shape index (κ1) is 13.8. The predicted molar refractivity (Wildman–Crippen MR) is 66.5 cm³/mol. The largest absolute Gasteiger partial charge is 0.370 e. The Morgan fingerprint density at radius 3 is 2.18 bits per heavy atom. The number of amides is 3. The van der Waals surface area contributed by atoms with Crippen molar-refractivity contribution in [2.45, 2.75) is 51.5 Å². The molecule has 0 saturated carbocycles. The lowest BCUT2D eigenvalue weighted by molar-refractivity contribution is -0.119. The van der Waals surface area contributed by atoms with Crippen LogP contribution in [0.4, 0.5) is 4.79 Å². The van der Waals surface area contributed by atoms with Gasteiger partial charge in [-0.1, -0.05) is 12.8 Å². The maximum atomic E-state index is 12.0. The average Bonchev–Trinajstić information content (AvgIpc) is 2.41. The zero-order valence-electron chi connectivity index (χ0n) is 10.8. The third kappa shape index (κ3) is 5.06. The van der Waals surface area contributed by atoms with Crippen LogP contribution in [0.2, 0.25) is 0 Å². The van der Waals surface area contributed by atoms with Crippen LogP contribution in [0.5, 0.6) is 0 Å². The van der Waals surface area contributed by atoms with Crippen LogP contribution in [0.25, 0.3) is 0 Å². The van der Waals surface area contributed by atoms with Crippen LogP contribution in [0, 0.1) is 0 Å². The van der Waals surface area contributed by atoms with E-state index in [9.17, 15) is 9.59 Å². The van der Waals surface area contributed by atoms with Crippen LogP contribution in [0.1, 0.15) is 46.0 Å². The van der Waals surface area contributed by atoms with E-state index in [-0.39, 0.29) is 12.5 Å². The summed E-state index contributed by atoms with van der Waals surface area (Å²) < 4.78 is 0. The highest BCUT2D eigenvalue weighted by Gasteiger charge is 2.25. The van der Waals surface area contributed by atoms with Gasteiger partial charge in [-0.25, -0.2) is 4.79 Å². The van der Waals surface area contributed by atoms with Crippen molar-refractivity contribution >= 4 is 11.9 Å². The summed E-state index contributed by atoms with van der Waals surface area (Å²) in [5, 5.41) is 2.87. The molecule has 1 rings (SSSR count). The van der Waals surface area contributed by atoms with E-state index < -0.39 is 11.4 Å². The summed E-state index contributed by atoms with van der Waals surface area (Å²) >= 11 is 0. The summed E-state index contributed by atoms with van der Waals surface area (Å²) in [7, 11) is 0. The summed E-state index contributed by atoms with van der Waals surface area (Å²) in [6, 6.07) is -0.0850. The molecule has 0 aromatic rings. The highest BCUT2D eigenvalue weighted by Crippen LogP contribution is 2.12. The number of hydrogen-bond donors (Lipinski definition) is 2. The molecule has 1 heterocycles. The summed E-state index contributed by atoms with van der Waals surface area (Å²) in [6.07, 6.45) is 4.66. The van der Waals surface area contributed by atoms with Crippen molar-refractivity contribution in [3.63, 3.8) is 0 Å². The van der Waals surface area contributed by atoms with Crippen molar-refractivity contribution in [2.24, 2.45) is 5.73 Å². The Balaban J connectivity index is 2.48. The van der Waals surface area contributed by atoms with Gasteiger partial charge in [0.1, 0.15) is 0 Å². The number of nitrogens with two attached hydrogens (primary N) is 1. The molecule has 0 bridgehead atoms. The van der Waals surface area contributed by atoms with Gasteiger partial charge in [-0.3, -0.25) is 4.79 Å². The van der Waals surface area contributed by atoms with Gasteiger partial charge in [0.05, 0.1) is 0 Å². The first-order valence-electron chi connectivity index (χ1n) is 6.26. The molecule has 0 atom stereocenters. The van der Waals surface area contributed by atoms with E-state index in [2.05, 4.69) is 5.32 Å². The second-order valence-electron chi connectivity index (χ2n) is 5.36. The minimum absolute atomic E-state index is 0.0850. The zero-order valence-corrected chi connectivity index (χ0v) is 10.8. The Morgan fingerprint density at radius 2 is 1.71 bits per heavy atom. The van der Waals surface area contributed by atoms with Crippen molar-refractivity contribution in [1.82, 2.24) is 10.2 Å². The number of carbonyl (C=O) groups is 2. The second kappa shape index (κ2) is 5.89. The third-order valence-electron chi connectivity index (χ3n) is 2.95. The van der Waals surface area contributed by atoms with Crippen molar-refractivity contribution in [1.29, 1.82) is 0 Å². The normalized spacial score (nSPS) is 17.4. The van der Waals surface area contributed by atoms with E-state index in [0.717, 1.165) is 25.9 Å². The van der Waals surface area contributed by atoms with Crippen LogP contribution in [-0.2, 0) is 4.79 Å². The number of urea groups is 1. The Labute approximate surface area is 103 Å². The van der Waals surface area contributed by atoms with Gasteiger partial charge < -0.3 is 16.0 Å². The molecule has 0 radical (unpaired) electrons. The van der Waals surface area contributed by atoms with E-state index in [1.54, 1.807) is 0 Å². The maximum Gasteiger partial charge on any atom is 0.317 e. The van der Waals surface area contributed by atoms with E-state index in [1.165, 1.54) is 12.8 Å². The van der Waals surface area contributed by atoms with Crippen LogP contribution in [-0.4, -0.2) is 35.5 Å². The molecule has 1 saturated heterocycles. The topological polar surface area (TPSA) is 75.4 Å². The molecular weight excluding hydrogens is 218 g/mol. The van der Waals surface area contributed by atoms with Crippen LogP contribution >= 0.6 is 0 Å². The SMILES string of the molecule is CC(C)(CC(N)=O)NC(=O)N1CCCCCC1. The summed E-state index contributed by atoms with van der Waals surface area (Å²) in [5.74, 6) is -0.397. The lowest BCUT2D eigenvalue weighted by Crippen LogP contribution is -2.51. The molecule has 0 spiro atoms. The lowest BCUT2D eigenvalue weighted by Gasteiger charge is -2.29. The van der Waals surface area contributed by atoms with Crippen molar-refractivity contribution in [2.75, 3.05) is 13.1 Å². The van der Waals surface area contributed by atoms with Gasteiger partial charge in [0.15, 0.2) is 0 Å². The highest BCUT2D eigenvalue weighted by molar-refractivity contribution is 5.78. The Hall–Kier alpha value is -1.26. The molecule has 3 N–H and O–H groups in total. The smallest absolute Gasteiger partial charge is 0.317 e. The molecular formula is C12H23N3O2. The minimum Gasteiger partial charge on any atom is -0.370 e. The van der Waals surface area contributed by atoms with Gasteiger partial charge in [0, 0.05) is 25.0 Å². The second-order valence-corrected chi connectivity index (χ2v) is 5.36. The van der Waals surface area contributed by atoms with Crippen molar-refractivity contribution in [3.8, 4) is 0 Å². The summed E-state index contributed by atoms with van der Waals surface area (Å²) in [6.45, 7) is 5.23. The molecule has 1 aliphatic heterocycles. The van der Waals surface area contributed by atoms with Gasteiger partial charge in [-0.2, -0.15) is 0 Å². The van der Waals surface area contributed by atoms with Crippen molar-refractivity contribution < 1.29 is 9.59 Å². The first-order chi connectivity index (χ1) is 7.91. The fraction of sp³-hybridized carbons (Fsp3) is 0.833. The maximum absolute atomic E-state index is 12.0. The van der Waals surface area contributed by atoms with E-state index >= 15 is 0 Å². The highest BCUT2D eigenvalue weighted by atomic mass is 16.2. The van der Waals surface area contributed by atoms with Crippen LogP contribution in [0.15, 0.2) is 0 Å². The van der Waals surface area contributed by atoms with Gasteiger partial charge >= 0.3 is 6.03 Å². The van der Waals surface area contributed by atoms with E-state index in [4.69, 9.17) is 5.73 Å². The van der Waals surface area contributed by atoms with Gasteiger partial charge in [0.25, 0.3) is 0 Å². The zero-order chi connectivity index (χ0) is 12.9. The van der Waals surface area contributed by atoms with Gasteiger partial charge in [0.2, 0.25) is 5.91 Å². The van der Waals surface area contributed by atoms with E-state index in [1.807, 2.05) is 18.7 Å². The lowest BCUT2D eigenvalue weighted by atomic mass is 10.0. The molecule has 1 fully saturated rings. The third-order valence-corrected chi connectivity index (χ3v) is 2.95. The fourth-order valence-electron chi connectivity index (χ4n) is 2.12. The number of carbonyl (C=O) groups excluding carboxylic acids is 2. The molecule has 98 valence electrons. The van der Waals surface area contributed by atoms with Crippen LogP contribution < -0.4 is 11.1 Å². The first-order valence-corrected chi connectivity index (χ1v) is 6.26. The minimum atomic E-state index is -0.574. The fourth-order valence-corrected chi connectivity index (χ4v) is 2.12. The number of primary amides is 1. The molecule has 0 aliphatic carbocycles. The summed E-state index contributed by atoms with van der Waals surface area (Å²) in [5.41, 5.74) is 4.58. The predicted octanol–water partition coefficient (Wildman–Crippen LogP) is 1.23. The number of nitrogens with one attached hydrogen (secondary N) is 1. The molecule has 0 aromatic carbocycles. The van der Waals surface area contributed by atoms with Gasteiger partial charge in [-0.05, 0) is 26.7 Å². The molecule has 0 unspecified atom stereocenters. The number of nitrogens with zero attached hydrogens (tertiary/aromatic N) is 1. The average molecular weight is 241 g/mol. The summed E-state index contributed by atoms with van der Waals surface area (Å²) in [4.78, 5) is 24.7. The molecule has 0 aromatic heterocycles. The number of likely N-dealkylation sites (tertiary alicyclic amines) is 1. The molecule has 17 heavy (non-hydrogen) atoms. The Bertz CT molecular complexity index is 281. The number of hydrogen-bond acceptors (Lipinski definition) is 2. The van der Waals surface area contributed by atoms with Crippen LogP contribution in [0.3, 0.4) is 0 Å². The number of rotatable bonds is 3. The Kier molecular flexibility index (Phi) is 4.78. The molecule has 5 heteroatoms. The van der Waals surface area contributed by atoms with E-state index in [0.29, 0.717) is 0 Å². The molecule has 1 aliphatic rings. The van der Waals surface area contributed by atoms with Crippen molar-refractivity contribution in [3.05, 3.63) is 0 Å². The van der Waals surface area contributed by atoms with Gasteiger partial charge in [-0.15, -0.1) is 0 Å². The Morgan fingerprint density at radius 1 is 1.18 bits per heavy atom. The quantitative estimate of drug-likeness (QED) is 0.779.